The number of hydrogen-bond donors (Lipinski definition) is 1. The first-order valence-corrected chi connectivity index (χ1v) is 10.9. The SMILES string of the molecule is CN=S1(=O)CCCC2(CCCN2C(=O)c2cc3ccccc3c(=O)[nH]2)C1. The molecule has 0 radical (unpaired) electrons. The van der Waals surface area contributed by atoms with Crippen LogP contribution in [0.3, 0.4) is 0 Å². The molecule has 2 aromatic rings. The molecule has 4 rings (SSSR count). The number of aromatic amines is 1. The van der Waals surface area contributed by atoms with Gasteiger partial charge in [-0.25, -0.2) is 8.57 Å². The van der Waals surface area contributed by atoms with Crippen molar-refractivity contribution in [1.82, 2.24) is 9.88 Å². The van der Waals surface area contributed by atoms with E-state index in [0.717, 1.165) is 31.1 Å². The van der Waals surface area contributed by atoms with E-state index in [4.69, 9.17) is 0 Å². The Balaban J connectivity index is 1.74. The maximum Gasteiger partial charge on any atom is 0.270 e. The minimum absolute atomic E-state index is 0.176. The molecule has 6 nitrogen and oxygen atoms in total. The van der Waals surface area contributed by atoms with Gasteiger partial charge in [0, 0.05) is 34.5 Å². The van der Waals surface area contributed by atoms with E-state index in [-0.39, 0.29) is 11.5 Å². The van der Waals surface area contributed by atoms with Crippen LogP contribution in [0.2, 0.25) is 0 Å². The van der Waals surface area contributed by atoms with Gasteiger partial charge < -0.3 is 9.88 Å². The van der Waals surface area contributed by atoms with E-state index in [1.807, 2.05) is 17.0 Å². The van der Waals surface area contributed by atoms with Crippen LogP contribution in [0.25, 0.3) is 10.8 Å². The van der Waals surface area contributed by atoms with E-state index in [0.29, 0.717) is 29.1 Å². The molecular formula is C19H23N3O3S. The van der Waals surface area contributed by atoms with Gasteiger partial charge in [-0.15, -0.1) is 0 Å². The van der Waals surface area contributed by atoms with Crippen molar-refractivity contribution in [3.05, 3.63) is 46.4 Å². The lowest BCUT2D eigenvalue weighted by Crippen LogP contribution is -2.54. The number of aromatic nitrogens is 1. The number of pyridine rings is 1. The molecular weight excluding hydrogens is 350 g/mol. The molecule has 1 amide bonds. The highest BCUT2D eigenvalue weighted by molar-refractivity contribution is 7.93. The summed E-state index contributed by atoms with van der Waals surface area (Å²) in [5.41, 5.74) is -0.342. The molecule has 26 heavy (non-hydrogen) atoms. The number of likely N-dealkylation sites (tertiary alicyclic amines) is 1. The van der Waals surface area contributed by atoms with Gasteiger partial charge in [0.1, 0.15) is 5.69 Å². The molecule has 2 fully saturated rings. The summed E-state index contributed by atoms with van der Waals surface area (Å²) in [6.07, 6.45) is 3.41. The number of carbonyl (C=O) groups excluding carboxylic acids is 1. The third kappa shape index (κ3) is 2.74. The number of fused-ring (bicyclic) bond motifs is 1. The smallest absolute Gasteiger partial charge is 0.270 e. The Morgan fingerprint density at radius 3 is 2.85 bits per heavy atom. The number of rotatable bonds is 1. The van der Waals surface area contributed by atoms with Crippen molar-refractivity contribution in [3.8, 4) is 0 Å². The van der Waals surface area contributed by atoms with E-state index in [9.17, 15) is 13.8 Å². The molecule has 1 spiro atoms. The van der Waals surface area contributed by atoms with Gasteiger partial charge in [0.2, 0.25) is 0 Å². The largest absolute Gasteiger partial charge is 0.331 e. The van der Waals surface area contributed by atoms with Crippen molar-refractivity contribution < 1.29 is 9.00 Å². The average Bonchev–Trinajstić information content (AvgIpc) is 3.03. The summed E-state index contributed by atoms with van der Waals surface area (Å²) in [7, 11) is -0.638. The number of carbonyl (C=O) groups is 1. The van der Waals surface area contributed by atoms with Crippen molar-refractivity contribution >= 4 is 26.4 Å². The molecule has 2 unspecified atom stereocenters. The quantitative estimate of drug-likeness (QED) is 0.833. The van der Waals surface area contributed by atoms with Crippen LogP contribution in [0.1, 0.15) is 36.2 Å². The van der Waals surface area contributed by atoms with E-state index >= 15 is 0 Å². The molecule has 7 heteroatoms. The van der Waals surface area contributed by atoms with Gasteiger partial charge in [0.05, 0.1) is 11.3 Å². The Kier molecular flexibility index (Phi) is 4.14. The maximum atomic E-state index is 13.2. The summed E-state index contributed by atoms with van der Waals surface area (Å²) < 4.78 is 17.1. The number of amides is 1. The molecule has 0 saturated carbocycles. The topological polar surface area (TPSA) is 82.6 Å². The first kappa shape index (κ1) is 17.3. The Bertz CT molecular complexity index is 1050. The molecule has 138 valence electrons. The number of benzene rings is 1. The molecule has 1 aromatic carbocycles. The van der Waals surface area contributed by atoms with Crippen LogP contribution in [-0.4, -0.2) is 50.6 Å². The van der Waals surface area contributed by atoms with Gasteiger partial charge in [-0.2, -0.15) is 0 Å². The van der Waals surface area contributed by atoms with Gasteiger partial charge in [0.25, 0.3) is 11.5 Å². The summed E-state index contributed by atoms with van der Waals surface area (Å²) in [6, 6.07) is 8.99. The van der Waals surface area contributed by atoms with E-state index in [1.54, 1.807) is 25.2 Å². The van der Waals surface area contributed by atoms with Crippen LogP contribution in [0.5, 0.6) is 0 Å². The van der Waals surface area contributed by atoms with Crippen LogP contribution in [-0.2, 0) is 9.73 Å². The summed E-state index contributed by atoms with van der Waals surface area (Å²) in [5.74, 6) is 0.880. The summed E-state index contributed by atoms with van der Waals surface area (Å²) in [4.78, 5) is 30.2. The lowest BCUT2D eigenvalue weighted by molar-refractivity contribution is 0.0602. The first-order chi connectivity index (χ1) is 12.5. The zero-order chi connectivity index (χ0) is 18.4. The lowest BCUT2D eigenvalue weighted by Gasteiger charge is -2.42. The molecule has 2 aliphatic rings. The number of nitrogens with one attached hydrogen (secondary N) is 1. The molecule has 3 heterocycles. The van der Waals surface area contributed by atoms with Gasteiger partial charge in [0.15, 0.2) is 0 Å². The fourth-order valence-corrected chi connectivity index (χ4v) is 6.82. The highest BCUT2D eigenvalue weighted by Crippen LogP contribution is 2.39. The number of hydrogen-bond acceptors (Lipinski definition) is 4. The summed E-state index contributed by atoms with van der Waals surface area (Å²) in [5, 5.41) is 1.33. The zero-order valence-electron chi connectivity index (χ0n) is 14.9. The second-order valence-corrected chi connectivity index (χ2v) is 9.90. The molecule has 1 N–H and O–H groups in total. The first-order valence-electron chi connectivity index (χ1n) is 9.01. The van der Waals surface area contributed by atoms with Gasteiger partial charge in [-0.05, 0) is 43.2 Å². The van der Waals surface area contributed by atoms with E-state index in [1.165, 1.54) is 0 Å². The standard InChI is InChI=1S/C19H23N3O3S/c1-20-26(25)11-5-9-19(13-26)8-4-10-22(19)18(24)16-12-14-6-2-3-7-15(14)17(23)21-16/h2-3,6-7,12H,4-5,8-11,13H2,1H3,(H,21,23). The molecule has 2 saturated heterocycles. The minimum Gasteiger partial charge on any atom is -0.331 e. The predicted molar refractivity (Wildman–Crippen MR) is 103 cm³/mol. The highest BCUT2D eigenvalue weighted by Gasteiger charge is 2.47. The zero-order valence-corrected chi connectivity index (χ0v) is 15.7. The summed E-state index contributed by atoms with van der Waals surface area (Å²) in [6.45, 7) is 0.632. The van der Waals surface area contributed by atoms with Crippen LogP contribution < -0.4 is 5.56 Å². The van der Waals surface area contributed by atoms with E-state index < -0.39 is 15.3 Å². The van der Waals surface area contributed by atoms with Crippen molar-refractivity contribution in [2.75, 3.05) is 25.1 Å². The van der Waals surface area contributed by atoms with Crippen molar-refractivity contribution in [2.45, 2.75) is 31.2 Å². The molecule has 0 aliphatic carbocycles. The Labute approximate surface area is 152 Å². The number of H-pyrrole nitrogens is 1. The number of nitrogens with zero attached hydrogens (tertiary/aromatic N) is 2. The second kappa shape index (κ2) is 6.23. The predicted octanol–water partition coefficient (Wildman–Crippen LogP) is 2.39. The maximum absolute atomic E-state index is 13.2. The second-order valence-electron chi connectivity index (χ2n) is 7.29. The Morgan fingerprint density at radius 1 is 1.27 bits per heavy atom. The third-order valence-electron chi connectivity index (χ3n) is 5.76. The van der Waals surface area contributed by atoms with Crippen molar-refractivity contribution in [1.29, 1.82) is 0 Å². The minimum atomic E-state index is -2.25. The Hall–Kier alpha value is -2.15. The molecule has 0 bridgehead atoms. The Morgan fingerprint density at radius 2 is 2.04 bits per heavy atom. The molecule has 2 aliphatic heterocycles. The fraction of sp³-hybridized carbons (Fsp3) is 0.474. The fourth-order valence-electron chi connectivity index (χ4n) is 4.48. The molecule has 1 aromatic heterocycles. The van der Waals surface area contributed by atoms with Crippen LogP contribution in [0.15, 0.2) is 39.5 Å². The monoisotopic (exact) mass is 373 g/mol. The highest BCUT2D eigenvalue weighted by atomic mass is 32.2. The van der Waals surface area contributed by atoms with Crippen LogP contribution >= 0.6 is 0 Å². The summed E-state index contributed by atoms with van der Waals surface area (Å²) >= 11 is 0. The van der Waals surface area contributed by atoms with Crippen LogP contribution in [0.4, 0.5) is 0 Å². The normalized spacial score (nSPS) is 28.6. The van der Waals surface area contributed by atoms with Gasteiger partial charge >= 0.3 is 0 Å². The van der Waals surface area contributed by atoms with E-state index in [2.05, 4.69) is 9.35 Å². The van der Waals surface area contributed by atoms with Crippen LogP contribution in [0, 0.1) is 0 Å². The van der Waals surface area contributed by atoms with Gasteiger partial charge in [-0.1, -0.05) is 18.2 Å². The third-order valence-corrected chi connectivity index (χ3v) is 8.34. The average molecular weight is 373 g/mol. The van der Waals surface area contributed by atoms with Crippen molar-refractivity contribution in [3.63, 3.8) is 0 Å². The molecule has 2 atom stereocenters. The van der Waals surface area contributed by atoms with Gasteiger partial charge in [-0.3, -0.25) is 9.59 Å². The van der Waals surface area contributed by atoms with Crippen molar-refractivity contribution in [2.24, 2.45) is 4.36 Å². The lowest BCUT2D eigenvalue weighted by atomic mass is 9.92.